The molecule has 0 aliphatic rings. The van der Waals surface area contributed by atoms with Gasteiger partial charge in [-0.1, -0.05) is 13.3 Å². The van der Waals surface area contributed by atoms with Crippen LogP contribution in [0.25, 0.3) is 0 Å². The van der Waals surface area contributed by atoms with Gasteiger partial charge in [0.15, 0.2) is 5.69 Å². The van der Waals surface area contributed by atoms with Crippen LogP contribution in [0.5, 0.6) is 0 Å². The zero-order chi connectivity index (χ0) is 10.4. The number of carbonyl (C=O) groups excluding carboxylic acids is 1. The van der Waals surface area contributed by atoms with E-state index in [0.29, 0.717) is 12.1 Å². The molecule has 6 heteroatoms. The first kappa shape index (κ1) is 11.1. The van der Waals surface area contributed by atoms with Gasteiger partial charge in [-0.2, -0.15) is 8.75 Å². The second-order valence-electron chi connectivity index (χ2n) is 2.95. The molecule has 0 aliphatic heterocycles. The highest BCUT2D eigenvalue weighted by atomic mass is 32.1. The normalized spacial score (nSPS) is 12.4. The second kappa shape index (κ2) is 5.66. The van der Waals surface area contributed by atoms with Gasteiger partial charge in [0.25, 0.3) is 5.91 Å². The van der Waals surface area contributed by atoms with Crippen molar-refractivity contribution in [2.45, 2.75) is 25.9 Å². The molecule has 0 aliphatic carbocycles. The van der Waals surface area contributed by atoms with Crippen molar-refractivity contribution in [3.63, 3.8) is 0 Å². The number of rotatable bonds is 5. The van der Waals surface area contributed by atoms with Gasteiger partial charge >= 0.3 is 0 Å². The summed E-state index contributed by atoms with van der Waals surface area (Å²) in [5, 5.41) is 11.9. The summed E-state index contributed by atoms with van der Waals surface area (Å²) in [5.41, 5.74) is 0.304. The molecule has 1 amide bonds. The Labute approximate surface area is 86.5 Å². The molecule has 1 rings (SSSR count). The summed E-state index contributed by atoms with van der Waals surface area (Å²) in [7, 11) is 0. The van der Waals surface area contributed by atoms with E-state index < -0.39 is 6.10 Å². The highest BCUT2D eigenvalue weighted by Gasteiger charge is 2.10. The van der Waals surface area contributed by atoms with Crippen LogP contribution in [-0.4, -0.2) is 32.4 Å². The fourth-order valence-corrected chi connectivity index (χ4v) is 1.41. The summed E-state index contributed by atoms with van der Waals surface area (Å²) in [4.78, 5) is 11.3. The minimum Gasteiger partial charge on any atom is -0.391 e. The molecule has 1 aromatic rings. The van der Waals surface area contributed by atoms with Crippen molar-refractivity contribution in [2.75, 3.05) is 6.54 Å². The van der Waals surface area contributed by atoms with Gasteiger partial charge in [-0.25, -0.2) is 0 Å². The minimum absolute atomic E-state index is 0.268. The lowest BCUT2D eigenvalue weighted by Crippen LogP contribution is -2.32. The first-order chi connectivity index (χ1) is 6.74. The van der Waals surface area contributed by atoms with E-state index in [1.165, 1.54) is 6.20 Å². The lowest BCUT2D eigenvalue weighted by molar-refractivity contribution is 0.0906. The maximum absolute atomic E-state index is 11.3. The molecule has 0 spiro atoms. The van der Waals surface area contributed by atoms with Crippen LogP contribution in [0.2, 0.25) is 0 Å². The molecule has 1 atom stereocenters. The van der Waals surface area contributed by atoms with Crippen molar-refractivity contribution >= 4 is 17.6 Å². The molecule has 14 heavy (non-hydrogen) atoms. The Hall–Kier alpha value is -1.01. The average molecular weight is 215 g/mol. The van der Waals surface area contributed by atoms with Crippen molar-refractivity contribution in [1.82, 2.24) is 14.1 Å². The molecular formula is C8H13N3O2S. The Morgan fingerprint density at radius 1 is 1.79 bits per heavy atom. The summed E-state index contributed by atoms with van der Waals surface area (Å²) < 4.78 is 7.49. The SMILES string of the molecule is CCCC(O)CNC(=O)c1cnsn1. The Morgan fingerprint density at radius 3 is 3.14 bits per heavy atom. The Morgan fingerprint density at radius 2 is 2.57 bits per heavy atom. The Balaban J connectivity index is 2.28. The van der Waals surface area contributed by atoms with Crippen LogP contribution in [0.1, 0.15) is 30.3 Å². The van der Waals surface area contributed by atoms with E-state index >= 15 is 0 Å². The quantitative estimate of drug-likeness (QED) is 0.747. The van der Waals surface area contributed by atoms with E-state index in [0.717, 1.165) is 18.1 Å². The zero-order valence-electron chi connectivity index (χ0n) is 7.93. The predicted molar refractivity (Wildman–Crippen MR) is 53.2 cm³/mol. The van der Waals surface area contributed by atoms with E-state index in [9.17, 15) is 9.90 Å². The van der Waals surface area contributed by atoms with Crippen molar-refractivity contribution in [2.24, 2.45) is 0 Å². The first-order valence-electron chi connectivity index (χ1n) is 4.48. The summed E-state index contributed by atoms with van der Waals surface area (Å²) >= 11 is 0.989. The van der Waals surface area contributed by atoms with Gasteiger partial charge in [-0.05, 0) is 6.42 Å². The third kappa shape index (κ3) is 3.39. The number of nitrogens with one attached hydrogen (secondary N) is 1. The summed E-state index contributed by atoms with van der Waals surface area (Å²) in [5.74, 6) is -0.283. The molecule has 0 aromatic carbocycles. The number of hydrogen-bond acceptors (Lipinski definition) is 5. The van der Waals surface area contributed by atoms with E-state index in [4.69, 9.17) is 0 Å². The average Bonchev–Trinajstić information content (AvgIpc) is 2.67. The highest BCUT2D eigenvalue weighted by Crippen LogP contribution is 1.97. The van der Waals surface area contributed by atoms with Crippen LogP contribution in [0.15, 0.2) is 6.20 Å². The largest absolute Gasteiger partial charge is 0.391 e. The minimum atomic E-state index is -0.476. The first-order valence-corrected chi connectivity index (χ1v) is 5.21. The standard InChI is InChI=1S/C8H13N3O2S/c1-2-3-6(12)4-9-8(13)7-5-10-14-11-7/h5-6,12H,2-4H2,1H3,(H,9,13). The molecule has 1 heterocycles. The predicted octanol–water partition coefficient (Wildman–Crippen LogP) is 0.429. The van der Waals surface area contributed by atoms with Gasteiger partial charge in [0.1, 0.15) is 0 Å². The van der Waals surface area contributed by atoms with Crippen molar-refractivity contribution in [3.8, 4) is 0 Å². The third-order valence-corrected chi connectivity index (χ3v) is 2.19. The zero-order valence-corrected chi connectivity index (χ0v) is 8.75. The number of carbonyl (C=O) groups is 1. The van der Waals surface area contributed by atoms with Crippen LogP contribution in [0.4, 0.5) is 0 Å². The maximum atomic E-state index is 11.3. The monoisotopic (exact) mass is 215 g/mol. The Bertz CT molecular complexity index is 276. The van der Waals surface area contributed by atoms with Gasteiger partial charge in [0, 0.05) is 6.54 Å². The third-order valence-electron chi connectivity index (χ3n) is 1.71. The smallest absolute Gasteiger partial charge is 0.272 e. The number of hydrogen-bond donors (Lipinski definition) is 2. The van der Waals surface area contributed by atoms with Gasteiger partial charge in [0.2, 0.25) is 0 Å². The topological polar surface area (TPSA) is 75.1 Å². The summed E-state index contributed by atoms with van der Waals surface area (Å²) in [6, 6.07) is 0. The number of nitrogens with zero attached hydrogens (tertiary/aromatic N) is 2. The van der Waals surface area contributed by atoms with E-state index in [-0.39, 0.29) is 12.5 Å². The van der Waals surface area contributed by atoms with Gasteiger partial charge in [-0.15, -0.1) is 0 Å². The number of aromatic nitrogens is 2. The van der Waals surface area contributed by atoms with Gasteiger partial charge < -0.3 is 10.4 Å². The molecule has 1 aromatic heterocycles. The molecule has 0 bridgehead atoms. The molecule has 0 fully saturated rings. The van der Waals surface area contributed by atoms with E-state index in [1.54, 1.807) is 0 Å². The number of aliphatic hydroxyl groups excluding tert-OH is 1. The van der Waals surface area contributed by atoms with E-state index in [1.807, 2.05) is 6.92 Å². The fraction of sp³-hybridized carbons (Fsp3) is 0.625. The van der Waals surface area contributed by atoms with Crippen LogP contribution in [0.3, 0.4) is 0 Å². The molecule has 0 radical (unpaired) electrons. The van der Waals surface area contributed by atoms with E-state index in [2.05, 4.69) is 14.1 Å². The summed E-state index contributed by atoms with van der Waals surface area (Å²) in [6.45, 7) is 2.25. The number of aliphatic hydroxyl groups is 1. The molecule has 5 nitrogen and oxygen atoms in total. The van der Waals surface area contributed by atoms with Crippen LogP contribution in [-0.2, 0) is 0 Å². The van der Waals surface area contributed by atoms with Crippen molar-refractivity contribution in [3.05, 3.63) is 11.9 Å². The second-order valence-corrected chi connectivity index (χ2v) is 3.50. The molecule has 78 valence electrons. The fourth-order valence-electron chi connectivity index (χ4n) is 1.00. The molecule has 2 N–H and O–H groups in total. The van der Waals surface area contributed by atoms with Crippen molar-refractivity contribution < 1.29 is 9.90 Å². The molecule has 1 unspecified atom stereocenters. The molecule has 0 saturated carbocycles. The van der Waals surface area contributed by atoms with Crippen LogP contribution in [0, 0.1) is 0 Å². The molecular weight excluding hydrogens is 202 g/mol. The van der Waals surface area contributed by atoms with Crippen molar-refractivity contribution in [1.29, 1.82) is 0 Å². The van der Waals surface area contributed by atoms with Gasteiger partial charge in [-0.3, -0.25) is 4.79 Å². The lowest BCUT2D eigenvalue weighted by atomic mass is 10.2. The highest BCUT2D eigenvalue weighted by molar-refractivity contribution is 6.99. The summed E-state index contributed by atoms with van der Waals surface area (Å²) in [6.07, 6.45) is 2.52. The number of amides is 1. The van der Waals surface area contributed by atoms with Gasteiger partial charge in [0.05, 0.1) is 24.0 Å². The van der Waals surface area contributed by atoms with Crippen LogP contribution >= 0.6 is 11.7 Å². The lowest BCUT2D eigenvalue weighted by Gasteiger charge is -2.09. The molecule has 0 saturated heterocycles. The Kier molecular flexibility index (Phi) is 4.48. The van der Waals surface area contributed by atoms with Crippen LogP contribution < -0.4 is 5.32 Å². The maximum Gasteiger partial charge on any atom is 0.272 e.